The van der Waals surface area contributed by atoms with Crippen LogP contribution in [0.25, 0.3) is 0 Å². The van der Waals surface area contributed by atoms with Gasteiger partial charge in [0.1, 0.15) is 0 Å². The monoisotopic (exact) mass is 317 g/mol. The standard InChI is InChI=1S/C11H9BrClNO3/c12-5-1-2-8(13)9(3-5)14-10(15)6-4-7(6)11(16)17/h1-3,6-7H,4H2,(H,14,15)(H,16,17). The van der Waals surface area contributed by atoms with Crippen LogP contribution in [0.2, 0.25) is 5.02 Å². The van der Waals surface area contributed by atoms with E-state index in [1.54, 1.807) is 18.2 Å². The molecule has 0 aliphatic heterocycles. The van der Waals surface area contributed by atoms with Crippen molar-refractivity contribution in [2.24, 2.45) is 11.8 Å². The molecule has 2 N–H and O–H groups in total. The number of aliphatic carboxylic acids is 1. The predicted molar refractivity (Wildman–Crippen MR) is 67.0 cm³/mol. The predicted octanol–water partition coefficient (Wildman–Crippen LogP) is 2.76. The Labute approximate surface area is 111 Å². The molecule has 6 heteroatoms. The molecule has 0 saturated heterocycles. The van der Waals surface area contributed by atoms with Crippen LogP contribution in [0.3, 0.4) is 0 Å². The summed E-state index contributed by atoms with van der Waals surface area (Å²) >= 11 is 9.18. The first kappa shape index (κ1) is 12.4. The number of carboxylic acids is 1. The van der Waals surface area contributed by atoms with E-state index in [9.17, 15) is 9.59 Å². The highest BCUT2D eigenvalue weighted by molar-refractivity contribution is 9.10. The van der Waals surface area contributed by atoms with Gasteiger partial charge in [-0.15, -0.1) is 0 Å². The molecule has 1 saturated carbocycles. The number of benzene rings is 1. The number of carbonyl (C=O) groups is 2. The third kappa shape index (κ3) is 2.79. The Kier molecular flexibility index (Phi) is 3.40. The number of carbonyl (C=O) groups excluding carboxylic acids is 1. The Balaban J connectivity index is 2.04. The van der Waals surface area contributed by atoms with Gasteiger partial charge in [-0.25, -0.2) is 0 Å². The van der Waals surface area contributed by atoms with Crippen molar-refractivity contribution in [3.8, 4) is 0 Å². The molecule has 2 unspecified atom stereocenters. The highest BCUT2D eigenvalue weighted by Gasteiger charge is 2.48. The lowest BCUT2D eigenvalue weighted by atomic mass is 10.2. The Morgan fingerprint density at radius 1 is 1.41 bits per heavy atom. The zero-order valence-electron chi connectivity index (χ0n) is 8.61. The first-order valence-corrected chi connectivity index (χ1v) is 6.15. The minimum Gasteiger partial charge on any atom is -0.481 e. The highest BCUT2D eigenvalue weighted by atomic mass is 79.9. The van der Waals surface area contributed by atoms with E-state index in [4.69, 9.17) is 16.7 Å². The van der Waals surface area contributed by atoms with Crippen molar-refractivity contribution >= 4 is 45.1 Å². The van der Waals surface area contributed by atoms with Gasteiger partial charge >= 0.3 is 5.97 Å². The second kappa shape index (κ2) is 4.66. The normalized spacial score (nSPS) is 22.0. The summed E-state index contributed by atoms with van der Waals surface area (Å²) < 4.78 is 0.794. The van der Waals surface area contributed by atoms with Crippen molar-refractivity contribution < 1.29 is 14.7 Å². The van der Waals surface area contributed by atoms with Gasteiger partial charge in [0, 0.05) is 4.47 Å². The van der Waals surface area contributed by atoms with Crippen LogP contribution >= 0.6 is 27.5 Å². The van der Waals surface area contributed by atoms with Crippen LogP contribution < -0.4 is 5.32 Å². The molecule has 4 nitrogen and oxygen atoms in total. The number of nitrogens with one attached hydrogen (secondary N) is 1. The van der Waals surface area contributed by atoms with Gasteiger partial charge in [0.25, 0.3) is 0 Å². The van der Waals surface area contributed by atoms with Gasteiger partial charge in [0.2, 0.25) is 5.91 Å². The third-order valence-electron chi connectivity index (χ3n) is 2.63. The Hall–Kier alpha value is -1.07. The topological polar surface area (TPSA) is 66.4 Å². The second-order valence-electron chi connectivity index (χ2n) is 3.90. The molecule has 1 aliphatic carbocycles. The van der Waals surface area contributed by atoms with Crippen molar-refractivity contribution in [2.75, 3.05) is 5.32 Å². The molecule has 1 aromatic rings. The van der Waals surface area contributed by atoms with Crippen LogP contribution in [-0.2, 0) is 9.59 Å². The van der Waals surface area contributed by atoms with Crippen LogP contribution in [-0.4, -0.2) is 17.0 Å². The molecule has 0 spiro atoms. The molecule has 0 bridgehead atoms. The van der Waals surface area contributed by atoms with Gasteiger partial charge in [-0.2, -0.15) is 0 Å². The molecule has 0 heterocycles. The van der Waals surface area contributed by atoms with Gasteiger partial charge in [0.15, 0.2) is 0 Å². The fourth-order valence-corrected chi connectivity index (χ4v) is 2.10. The summed E-state index contributed by atoms with van der Waals surface area (Å²) in [4.78, 5) is 22.3. The van der Waals surface area contributed by atoms with Gasteiger partial charge in [0.05, 0.1) is 22.5 Å². The van der Waals surface area contributed by atoms with Crippen LogP contribution in [0.1, 0.15) is 6.42 Å². The second-order valence-corrected chi connectivity index (χ2v) is 5.22. The summed E-state index contributed by atoms with van der Waals surface area (Å²) in [5, 5.41) is 11.8. The number of hydrogen-bond acceptors (Lipinski definition) is 2. The van der Waals surface area contributed by atoms with E-state index < -0.39 is 17.8 Å². The fraction of sp³-hybridized carbons (Fsp3) is 0.273. The van der Waals surface area contributed by atoms with Crippen LogP contribution in [0.4, 0.5) is 5.69 Å². The molecular weight excluding hydrogens is 309 g/mol. The average molecular weight is 319 g/mol. The highest BCUT2D eigenvalue weighted by Crippen LogP contribution is 2.40. The maximum Gasteiger partial charge on any atom is 0.307 e. The number of amides is 1. The summed E-state index contributed by atoms with van der Waals surface area (Å²) in [5.41, 5.74) is 0.488. The molecule has 1 amide bonds. The number of halogens is 2. The zero-order valence-corrected chi connectivity index (χ0v) is 11.0. The van der Waals surface area contributed by atoms with E-state index in [-0.39, 0.29) is 5.91 Å². The van der Waals surface area contributed by atoms with E-state index in [2.05, 4.69) is 21.2 Å². The summed E-state index contributed by atoms with van der Waals surface area (Å²) in [6.07, 6.45) is 0.396. The van der Waals surface area contributed by atoms with E-state index >= 15 is 0 Å². The largest absolute Gasteiger partial charge is 0.481 e. The molecule has 17 heavy (non-hydrogen) atoms. The lowest BCUT2D eigenvalue weighted by molar-refractivity contribution is -0.139. The third-order valence-corrected chi connectivity index (χ3v) is 3.45. The molecular formula is C11H9BrClNO3. The number of carboxylic acid groups (broad SMARTS) is 1. The Bertz CT molecular complexity index is 492. The zero-order chi connectivity index (χ0) is 12.6. The molecule has 0 aromatic heterocycles. The van der Waals surface area contributed by atoms with Gasteiger partial charge in [-0.05, 0) is 24.6 Å². The van der Waals surface area contributed by atoms with Gasteiger partial charge < -0.3 is 10.4 Å². The SMILES string of the molecule is O=C(O)C1CC1C(=O)Nc1cc(Br)ccc1Cl. The molecule has 90 valence electrons. The van der Waals surface area contributed by atoms with Gasteiger partial charge in [-0.1, -0.05) is 27.5 Å². The number of hydrogen-bond donors (Lipinski definition) is 2. The lowest BCUT2D eigenvalue weighted by Gasteiger charge is -2.07. The van der Waals surface area contributed by atoms with E-state index in [0.717, 1.165) is 4.47 Å². The minimum absolute atomic E-state index is 0.294. The summed E-state index contributed by atoms with van der Waals surface area (Å²) in [5.74, 6) is -2.22. The van der Waals surface area contributed by atoms with Crippen molar-refractivity contribution in [3.05, 3.63) is 27.7 Å². The first-order valence-electron chi connectivity index (χ1n) is 4.98. The van der Waals surface area contributed by atoms with Crippen LogP contribution in [0, 0.1) is 11.8 Å². The van der Waals surface area contributed by atoms with Crippen molar-refractivity contribution in [2.45, 2.75) is 6.42 Å². The fourth-order valence-electron chi connectivity index (χ4n) is 1.58. The van der Waals surface area contributed by atoms with Gasteiger partial charge in [-0.3, -0.25) is 9.59 Å². The molecule has 2 atom stereocenters. The van der Waals surface area contributed by atoms with Crippen molar-refractivity contribution in [3.63, 3.8) is 0 Å². The van der Waals surface area contributed by atoms with Crippen LogP contribution in [0.5, 0.6) is 0 Å². The number of rotatable bonds is 3. The quantitative estimate of drug-likeness (QED) is 0.900. The Morgan fingerprint density at radius 2 is 2.12 bits per heavy atom. The summed E-state index contributed by atoms with van der Waals surface area (Å²) in [6.45, 7) is 0. The molecule has 2 rings (SSSR count). The molecule has 1 fully saturated rings. The van der Waals surface area contributed by atoms with E-state index in [0.29, 0.717) is 17.1 Å². The molecule has 1 aliphatic rings. The van der Waals surface area contributed by atoms with E-state index in [1.165, 1.54) is 0 Å². The summed E-state index contributed by atoms with van der Waals surface area (Å²) in [7, 11) is 0. The van der Waals surface area contributed by atoms with Crippen molar-refractivity contribution in [1.82, 2.24) is 0 Å². The maximum atomic E-state index is 11.7. The number of anilines is 1. The minimum atomic E-state index is -0.925. The lowest BCUT2D eigenvalue weighted by Crippen LogP contribution is -2.17. The van der Waals surface area contributed by atoms with E-state index in [1.807, 2.05) is 0 Å². The van der Waals surface area contributed by atoms with Crippen LogP contribution in [0.15, 0.2) is 22.7 Å². The molecule has 1 aromatic carbocycles. The smallest absolute Gasteiger partial charge is 0.307 e. The Morgan fingerprint density at radius 3 is 2.71 bits per heavy atom. The van der Waals surface area contributed by atoms with Crippen molar-refractivity contribution in [1.29, 1.82) is 0 Å². The maximum absolute atomic E-state index is 11.7. The average Bonchev–Trinajstić information content (AvgIpc) is 3.03. The molecule has 0 radical (unpaired) electrons. The summed E-state index contributed by atoms with van der Waals surface area (Å²) in [6, 6.07) is 5.09. The first-order chi connectivity index (χ1) is 7.99.